The summed E-state index contributed by atoms with van der Waals surface area (Å²) in [5, 5.41) is 0.707. The van der Waals surface area contributed by atoms with Gasteiger partial charge in [-0.15, -0.1) is 0 Å². The van der Waals surface area contributed by atoms with Crippen molar-refractivity contribution >= 4 is 16.6 Å². The van der Waals surface area contributed by atoms with Crippen molar-refractivity contribution in [1.82, 2.24) is 24.0 Å². The molecule has 1 aliphatic carbocycles. The van der Waals surface area contributed by atoms with Gasteiger partial charge in [0.1, 0.15) is 0 Å². The minimum atomic E-state index is 0.00629. The molecule has 0 bridgehead atoms. The number of piperazine rings is 1. The van der Waals surface area contributed by atoms with Crippen LogP contribution < -0.4 is 16.0 Å². The summed E-state index contributed by atoms with van der Waals surface area (Å²) in [5.74, 6) is 0. The van der Waals surface area contributed by atoms with Gasteiger partial charge >= 0.3 is 0 Å². The SMILES string of the molecule is Cc1cc(=O)n(CCN2CCN(c3ccc4c(=O)n(C5CCCC5)cnc4c3)CC2)cn1. The Morgan fingerprint density at radius 1 is 0.938 bits per heavy atom. The second-order valence-electron chi connectivity index (χ2n) is 8.99. The fourth-order valence-corrected chi connectivity index (χ4v) is 4.93. The van der Waals surface area contributed by atoms with Gasteiger partial charge < -0.3 is 4.90 Å². The highest BCUT2D eigenvalue weighted by Gasteiger charge is 2.20. The van der Waals surface area contributed by atoms with Gasteiger partial charge in [-0.3, -0.25) is 23.6 Å². The summed E-state index contributed by atoms with van der Waals surface area (Å²) < 4.78 is 3.51. The van der Waals surface area contributed by atoms with E-state index in [1.807, 2.05) is 23.6 Å². The molecule has 168 valence electrons. The van der Waals surface area contributed by atoms with Crippen LogP contribution in [0, 0.1) is 6.92 Å². The Balaban J connectivity index is 1.23. The van der Waals surface area contributed by atoms with Crippen molar-refractivity contribution in [3.8, 4) is 0 Å². The highest BCUT2D eigenvalue weighted by atomic mass is 16.1. The molecule has 1 saturated carbocycles. The molecule has 2 fully saturated rings. The predicted molar refractivity (Wildman–Crippen MR) is 125 cm³/mol. The van der Waals surface area contributed by atoms with Gasteiger partial charge in [0, 0.05) is 62.8 Å². The first-order valence-corrected chi connectivity index (χ1v) is 11.6. The minimum Gasteiger partial charge on any atom is -0.369 e. The van der Waals surface area contributed by atoms with Crippen LogP contribution in [0.4, 0.5) is 5.69 Å². The van der Waals surface area contributed by atoms with E-state index < -0.39 is 0 Å². The average molecular weight is 435 g/mol. The summed E-state index contributed by atoms with van der Waals surface area (Å²) in [7, 11) is 0. The summed E-state index contributed by atoms with van der Waals surface area (Å²) >= 11 is 0. The molecule has 0 amide bonds. The van der Waals surface area contributed by atoms with E-state index >= 15 is 0 Å². The maximum atomic E-state index is 13.0. The zero-order chi connectivity index (χ0) is 22.1. The maximum absolute atomic E-state index is 13.0. The standard InChI is InChI=1S/C24H30N6O2/c1-18-14-23(31)29(16-25-18)13-10-27-8-11-28(12-9-27)20-6-7-21-22(15-20)26-17-30(24(21)32)19-4-2-3-5-19/h6-7,14-17,19H,2-5,8-13H2,1H3. The van der Waals surface area contributed by atoms with Crippen molar-refractivity contribution in [2.24, 2.45) is 0 Å². The summed E-state index contributed by atoms with van der Waals surface area (Å²) in [4.78, 5) is 38.6. The Kier molecular flexibility index (Phi) is 5.78. The molecular weight excluding hydrogens is 404 g/mol. The maximum Gasteiger partial charge on any atom is 0.261 e. The first-order chi connectivity index (χ1) is 15.6. The molecule has 3 heterocycles. The second kappa shape index (κ2) is 8.86. The Morgan fingerprint density at radius 2 is 1.72 bits per heavy atom. The summed E-state index contributed by atoms with van der Waals surface area (Å²) in [6.07, 6.45) is 7.91. The zero-order valence-electron chi connectivity index (χ0n) is 18.6. The number of hydrogen-bond acceptors (Lipinski definition) is 6. The number of rotatable bonds is 5. The second-order valence-corrected chi connectivity index (χ2v) is 8.99. The zero-order valence-corrected chi connectivity index (χ0v) is 18.6. The van der Waals surface area contributed by atoms with Gasteiger partial charge in [0.15, 0.2) is 0 Å². The number of hydrogen-bond donors (Lipinski definition) is 0. The predicted octanol–water partition coefficient (Wildman–Crippen LogP) is 2.20. The summed E-state index contributed by atoms with van der Waals surface area (Å²) in [5.41, 5.74) is 2.73. The van der Waals surface area contributed by atoms with Crippen LogP contribution >= 0.6 is 0 Å². The van der Waals surface area contributed by atoms with E-state index in [4.69, 9.17) is 0 Å². The first kappa shape index (κ1) is 20.9. The Hall–Kier alpha value is -3.00. The molecule has 8 nitrogen and oxygen atoms in total. The van der Waals surface area contributed by atoms with E-state index in [0.717, 1.165) is 62.5 Å². The van der Waals surface area contributed by atoms with Gasteiger partial charge in [0.25, 0.3) is 11.1 Å². The van der Waals surface area contributed by atoms with Crippen molar-refractivity contribution in [2.45, 2.75) is 45.2 Å². The van der Waals surface area contributed by atoms with Crippen LogP contribution in [-0.4, -0.2) is 56.7 Å². The van der Waals surface area contributed by atoms with E-state index in [1.54, 1.807) is 23.3 Å². The lowest BCUT2D eigenvalue weighted by Gasteiger charge is -2.36. The minimum absolute atomic E-state index is 0.00629. The lowest BCUT2D eigenvalue weighted by Crippen LogP contribution is -2.47. The topological polar surface area (TPSA) is 76.3 Å². The van der Waals surface area contributed by atoms with E-state index in [0.29, 0.717) is 18.0 Å². The molecule has 0 unspecified atom stereocenters. The first-order valence-electron chi connectivity index (χ1n) is 11.6. The highest BCUT2D eigenvalue weighted by molar-refractivity contribution is 5.81. The van der Waals surface area contributed by atoms with Gasteiger partial charge in [-0.05, 0) is 38.0 Å². The summed E-state index contributed by atoms with van der Waals surface area (Å²) in [6, 6.07) is 7.92. The molecule has 1 aliphatic heterocycles. The number of aryl methyl sites for hydroxylation is 1. The normalized spacial score (nSPS) is 18.0. The van der Waals surface area contributed by atoms with Gasteiger partial charge in [0.2, 0.25) is 0 Å². The number of nitrogens with zero attached hydrogens (tertiary/aromatic N) is 6. The van der Waals surface area contributed by atoms with Crippen LogP contribution in [0.5, 0.6) is 0 Å². The van der Waals surface area contributed by atoms with Crippen LogP contribution in [0.2, 0.25) is 0 Å². The van der Waals surface area contributed by atoms with Crippen LogP contribution in [0.1, 0.15) is 37.4 Å². The van der Waals surface area contributed by atoms with Gasteiger partial charge in [-0.25, -0.2) is 9.97 Å². The number of benzene rings is 1. The quantitative estimate of drug-likeness (QED) is 0.613. The molecule has 1 aromatic carbocycles. The molecular formula is C24H30N6O2. The van der Waals surface area contributed by atoms with Crippen LogP contribution in [0.15, 0.2) is 46.5 Å². The average Bonchev–Trinajstić information content (AvgIpc) is 3.34. The lowest BCUT2D eigenvalue weighted by atomic mass is 10.1. The monoisotopic (exact) mass is 434 g/mol. The van der Waals surface area contributed by atoms with Gasteiger partial charge in [-0.1, -0.05) is 12.8 Å². The molecule has 0 N–H and O–H groups in total. The van der Waals surface area contributed by atoms with Crippen LogP contribution in [0.3, 0.4) is 0 Å². The number of fused-ring (bicyclic) bond motifs is 1. The molecule has 32 heavy (non-hydrogen) atoms. The van der Waals surface area contributed by atoms with Gasteiger partial charge in [0.05, 0.1) is 23.6 Å². The molecule has 5 rings (SSSR count). The van der Waals surface area contributed by atoms with Crippen LogP contribution in [0.25, 0.3) is 10.9 Å². The van der Waals surface area contributed by atoms with E-state index in [-0.39, 0.29) is 11.1 Å². The van der Waals surface area contributed by atoms with Crippen molar-refractivity contribution in [3.63, 3.8) is 0 Å². The number of anilines is 1. The van der Waals surface area contributed by atoms with Crippen molar-refractivity contribution in [2.75, 3.05) is 37.6 Å². The molecule has 0 atom stereocenters. The van der Waals surface area contributed by atoms with Crippen molar-refractivity contribution in [1.29, 1.82) is 0 Å². The molecule has 2 aromatic heterocycles. The van der Waals surface area contributed by atoms with E-state index in [1.165, 1.54) is 12.8 Å². The summed E-state index contributed by atoms with van der Waals surface area (Å²) in [6.45, 7) is 7.00. The highest BCUT2D eigenvalue weighted by Crippen LogP contribution is 2.28. The third-order valence-electron chi connectivity index (χ3n) is 6.90. The third kappa shape index (κ3) is 4.19. The van der Waals surface area contributed by atoms with Crippen molar-refractivity contribution in [3.05, 3.63) is 63.3 Å². The Morgan fingerprint density at radius 3 is 2.47 bits per heavy atom. The van der Waals surface area contributed by atoms with Crippen LogP contribution in [-0.2, 0) is 6.54 Å². The molecule has 8 heteroatoms. The molecule has 0 radical (unpaired) electrons. The van der Waals surface area contributed by atoms with Crippen molar-refractivity contribution < 1.29 is 0 Å². The largest absolute Gasteiger partial charge is 0.369 e. The fraction of sp³-hybridized carbons (Fsp3) is 0.500. The van der Waals surface area contributed by atoms with Gasteiger partial charge in [-0.2, -0.15) is 0 Å². The van der Waals surface area contributed by atoms with E-state index in [2.05, 4.69) is 25.8 Å². The molecule has 0 spiro atoms. The number of aromatic nitrogens is 4. The molecule has 3 aromatic rings. The van der Waals surface area contributed by atoms with E-state index in [9.17, 15) is 9.59 Å². The molecule has 2 aliphatic rings. The Labute approximate surface area is 187 Å². The Bertz CT molecular complexity index is 1220. The smallest absolute Gasteiger partial charge is 0.261 e. The molecule has 1 saturated heterocycles. The lowest BCUT2D eigenvalue weighted by molar-refractivity contribution is 0.247. The third-order valence-corrected chi connectivity index (χ3v) is 6.90. The fourth-order valence-electron chi connectivity index (χ4n) is 4.93.